The van der Waals surface area contributed by atoms with Crippen LogP contribution >= 0.6 is 0 Å². The molecule has 0 amide bonds. The molecule has 0 radical (unpaired) electrons. The number of hydrogen-bond acceptors (Lipinski definition) is 5. The Kier molecular flexibility index (Phi) is 5.66. The van der Waals surface area contributed by atoms with E-state index in [4.69, 9.17) is 0 Å². The lowest BCUT2D eigenvalue weighted by atomic mass is 10.2. The van der Waals surface area contributed by atoms with E-state index in [0.29, 0.717) is 17.7 Å². The van der Waals surface area contributed by atoms with Crippen LogP contribution in [0.15, 0.2) is 36.5 Å². The van der Waals surface area contributed by atoms with Crippen LogP contribution in [-0.2, 0) is 0 Å². The number of hydrogen-bond donors (Lipinski definition) is 2. The van der Waals surface area contributed by atoms with Gasteiger partial charge in [0.15, 0.2) is 0 Å². The molecule has 1 unspecified atom stereocenters. The van der Waals surface area contributed by atoms with Gasteiger partial charge in [0.25, 0.3) is 0 Å². The summed E-state index contributed by atoms with van der Waals surface area (Å²) >= 11 is 0. The quantitative estimate of drug-likeness (QED) is 0.823. The predicted molar refractivity (Wildman–Crippen MR) is 88.0 cm³/mol. The van der Waals surface area contributed by atoms with Crippen LogP contribution in [-0.4, -0.2) is 41.5 Å². The summed E-state index contributed by atoms with van der Waals surface area (Å²) in [4.78, 5) is 10.7. The topological polar surface area (TPSA) is 53.1 Å². The molecule has 118 valence electrons. The minimum Gasteiger partial charge on any atom is -0.370 e. The maximum Gasteiger partial charge on any atom is 0.229 e. The molecule has 2 rings (SSSR count). The van der Waals surface area contributed by atoms with E-state index in [2.05, 4.69) is 46.5 Å². The minimum absolute atomic E-state index is 0.294. The Labute approximate surface area is 130 Å². The van der Waals surface area contributed by atoms with E-state index in [1.807, 2.05) is 6.07 Å². The van der Waals surface area contributed by atoms with Gasteiger partial charge in [-0.1, -0.05) is 6.07 Å². The zero-order chi connectivity index (χ0) is 15.9. The molecule has 6 heteroatoms. The fraction of sp³-hybridized carbons (Fsp3) is 0.375. The summed E-state index contributed by atoms with van der Waals surface area (Å²) < 4.78 is 13.2. The predicted octanol–water partition coefficient (Wildman–Crippen LogP) is 3.11. The van der Waals surface area contributed by atoms with Gasteiger partial charge in [0.1, 0.15) is 11.6 Å². The number of rotatable bonds is 7. The van der Waals surface area contributed by atoms with Crippen LogP contribution in [0.4, 0.5) is 21.8 Å². The number of aromatic nitrogens is 2. The molecular formula is C16H22FN5. The van der Waals surface area contributed by atoms with Crippen molar-refractivity contribution >= 4 is 17.5 Å². The second-order valence-corrected chi connectivity index (χ2v) is 5.43. The zero-order valence-electron chi connectivity index (χ0n) is 13.2. The molecule has 1 aromatic carbocycles. The molecule has 0 aliphatic rings. The average Bonchev–Trinajstić information content (AvgIpc) is 2.47. The zero-order valence-corrected chi connectivity index (χ0v) is 13.2. The van der Waals surface area contributed by atoms with Gasteiger partial charge in [-0.05, 0) is 51.7 Å². The van der Waals surface area contributed by atoms with Crippen LogP contribution in [0.5, 0.6) is 0 Å². The van der Waals surface area contributed by atoms with Crippen LogP contribution in [0.3, 0.4) is 0 Å². The third kappa shape index (κ3) is 4.96. The average molecular weight is 303 g/mol. The van der Waals surface area contributed by atoms with Crippen molar-refractivity contribution in [1.29, 1.82) is 0 Å². The van der Waals surface area contributed by atoms with Crippen molar-refractivity contribution in [3.8, 4) is 0 Å². The highest BCUT2D eigenvalue weighted by atomic mass is 19.1. The summed E-state index contributed by atoms with van der Waals surface area (Å²) in [6.45, 7) is 3.01. The molecular weight excluding hydrogens is 281 g/mol. The van der Waals surface area contributed by atoms with Crippen molar-refractivity contribution in [2.24, 2.45) is 0 Å². The molecule has 0 aliphatic heterocycles. The van der Waals surface area contributed by atoms with Gasteiger partial charge in [-0.15, -0.1) is 0 Å². The van der Waals surface area contributed by atoms with E-state index < -0.39 is 0 Å². The van der Waals surface area contributed by atoms with Gasteiger partial charge in [0.05, 0.1) is 0 Å². The molecule has 1 aromatic heterocycles. The Morgan fingerprint density at radius 1 is 1.27 bits per heavy atom. The maximum atomic E-state index is 13.2. The van der Waals surface area contributed by atoms with E-state index in [-0.39, 0.29) is 5.82 Å². The van der Waals surface area contributed by atoms with Gasteiger partial charge in [-0.25, -0.2) is 9.37 Å². The summed E-state index contributed by atoms with van der Waals surface area (Å²) in [5, 5.41) is 6.27. The molecule has 5 nitrogen and oxygen atoms in total. The van der Waals surface area contributed by atoms with E-state index in [1.54, 1.807) is 18.3 Å². The maximum absolute atomic E-state index is 13.2. The van der Waals surface area contributed by atoms with E-state index >= 15 is 0 Å². The highest BCUT2D eigenvalue weighted by Crippen LogP contribution is 2.15. The van der Waals surface area contributed by atoms with Crippen LogP contribution in [0.1, 0.15) is 13.3 Å². The molecule has 22 heavy (non-hydrogen) atoms. The Morgan fingerprint density at radius 2 is 2.09 bits per heavy atom. The SMILES string of the molecule is CC(CCNc1ccnc(Nc2cccc(F)c2)n1)N(C)C. The Bertz CT molecular complexity index is 603. The third-order valence-electron chi connectivity index (χ3n) is 3.49. The Balaban J connectivity index is 1.92. The standard InChI is InChI=1S/C16H22FN5/c1-12(22(2)3)7-9-18-15-8-10-19-16(21-15)20-14-6-4-5-13(17)11-14/h4-6,8,10-12H,7,9H2,1-3H3,(H2,18,19,20,21). The van der Waals surface area contributed by atoms with Crippen molar-refractivity contribution < 1.29 is 4.39 Å². The van der Waals surface area contributed by atoms with Crippen LogP contribution in [0.25, 0.3) is 0 Å². The minimum atomic E-state index is -0.294. The lowest BCUT2D eigenvalue weighted by molar-refractivity contribution is 0.304. The fourth-order valence-corrected chi connectivity index (χ4v) is 1.88. The summed E-state index contributed by atoms with van der Waals surface area (Å²) in [6.07, 6.45) is 2.69. The number of benzene rings is 1. The van der Waals surface area contributed by atoms with Crippen molar-refractivity contribution in [3.63, 3.8) is 0 Å². The molecule has 2 aromatic rings. The van der Waals surface area contributed by atoms with Gasteiger partial charge >= 0.3 is 0 Å². The summed E-state index contributed by atoms with van der Waals surface area (Å²) in [5.74, 6) is 0.896. The summed E-state index contributed by atoms with van der Waals surface area (Å²) in [6, 6.07) is 8.53. The lowest BCUT2D eigenvalue weighted by Crippen LogP contribution is -2.26. The fourth-order valence-electron chi connectivity index (χ4n) is 1.88. The molecule has 0 aliphatic carbocycles. The van der Waals surface area contributed by atoms with Crippen molar-refractivity contribution in [2.75, 3.05) is 31.3 Å². The smallest absolute Gasteiger partial charge is 0.229 e. The molecule has 0 fully saturated rings. The first-order chi connectivity index (χ1) is 10.5. The van der Waals surface area contributed by atoms with E-state index in [0.717, 1.165) is 18.8 Å². The normalized spacial score (nSPS) is 12.2. The number of halogens is 1. The van der Waals surface area contributed by atoms with Gasteiger partial charge in [-0.3, -0.25) is 0 Å². The second-order valence-electron chi connectivity index (χ2n) is 5.43. The lowest BCUT2D eigenvalue weighted by Gasteiger charge is -2.19. The molecule has 1 atom stereocenters. The van der Waals surface area contributed by atoms with Crippen molar-refractivity contribution in [1.82, 2.24) is 14.9 Å². The van der Waals surface area contributed by atoms with Crippen LogP contribution in [0.2, 0.25) is 0 Å². The third-order valence-corrected chi connectivity index (χ3v) is 3.49. The Hall–Kier alpha value is -2.21. The highest BCUT2D eigenvalue weighted by Gasteiger charge is 2.05. The number of nitrogens with zero attached hydrogens (tertiary/aromatic N) is 3. The molecule has 0 bridgehead atoms. The second kappa shape index (κ2) is 7.70. The van der Waals surface area contributed by atoms with Crippen LogP contribution < -0.4 is 10.6 Å². The first kappa shape index (κ1) is 16.2. The number of anilines is 3. The molecule has 0 saturated carbocycles. The first-order valence-electron chi connectivity index (χ1n) is 7.30. The summed E-state index contributed by atoms with van der Waals surface area (Å²) in [7, 11) is 4.13. The van der Waals surface area contributed by atoms with Crippen molar-refractivity contribution in [3.05, 3.63) is 42.3 Å². The molecule has 0 spiro atoms. The molecule has 2 N–H and O–H groups in total. The molecule has 0 saturated heterocycles. The van der Waals surface area contributed by atoms with Gasteiger partial charge in [-0.2, -0.15) is 4.98 Å². The van der Waals surface area contributed by atoms with Gasteiger partial charge < -0.3 is 15.5 Å². The monoisotopic (exact) mass is 303 g/mol. The Morgan fingerprint density at radius 3 is 2.82 bits per heavy atom. The highest BCUT2D eigenvalue weighted by molar-refractivity contribution is 5.54. The first-order valence-corrected chi connectivity index (χ1v) is 7.30. The van der Waals surface area contributed by atoms with Crippen LogP contribution in [0, 0.1) is 5.82 Å². The van der Waals surface area contributed by atoms with Gasteiger partial charge in [0, 0.05) is 24.5 Å². The van der Waals surface area contributed by atoms with Gasteiger partial charge in [0.2, 0.25) is 5.95 Å². The van der Waals surface area contributed by atoms with Crippen molar-refractivity contribution in [2.45, 2.75) is 19.4 Å². The largest absolute Gasteiger partial charge is 0.370 e. The summed E-state index contributed by atoms with van der Waals surface area (Å²) in [5.41, 5.74) is 0.624. The number of nitrogens with one attached hydrogen (secondary N) is 2. The van der Waals surface area contributed by atoms with E-state index in [9.17, 15) is 4.39 Å². The molecule has 1 heterocycles. The van der Waals surface area contributed by atoms with E-state index in [1.165, 1.54) is 12.1 Å².